The van der Waals surface area contributed by atoms with Crippen molar-refractivity contribution in [2.75, 3.05) is 31.1 Å². The Kier molecular flexibility index (Phi) is 7.04. The lowest BCUT2D eigenvalue weighted by Crippen LogP contribution is -2.30. The van der Waals surface area contributed by atoms with E-state index < -0.39 is 0 Å². The molecule has 5 nitrogen and oxygen atoms in total. The SMILES string of the molecule is NC(=S)NN=Cc1ccc(N2CCCN(Cc3ccccc3)CC2)c(Cl)c1. The van der Waals surface area contributed by atoms with Crippen LogP contribution in [0.4, 0.5) is 5.69 Å². The largest absolute Gasteiger partial charge is 0.375 e. The Balaban J connectivity index is 1.61. The van der Waals surface area contributed by atoms with E-state index in [0.717, 1.165) is 55.4 Å². The normalized spacial score (nSPS) is 15.7. The topological polar surface area (TPSA) is 56.9 Å². The molecule has 3 rings (SSSR count). The van der Waals surface area contributed by atoms with Gasteiger partial charge in [-0.25, -0.2) is 0 Å². The zero-order valence-corrected chi connectivity index (χ0v) is 16.7. The summed E-state index contributed by atoms with van der Waals surface area (Å²) >= 11 is 11.3. The smallest absolute Gasteiger partial charge is 0.184 e. The molecule has 1 fully saturated rings. The number of nitrogens with zero attached hydrogens (tertiary/aromatic N) is 3. The second kappa shape index (κ2) is 9.69. The van der Waals surface area contributed by atoms with Crippen LogP contribution in [0.25, 0.3) is 0 Å². The van der Waals surface area contributed by atoms with E-state index in [1.165, 1.54) is 5.56 Å². The summed E-state index contributed by atoms with van der Waals surface area (Å²) in [5, 5.41) is 4.83. The molecule has 3 N–H and O–H groups in total. The quantitative estimate of drug-likeness (QED) is 0.457. The molecule has 1 saturated heterocycles. The van der Waals surface area contributed by atoms with E-state index in [-0.39, 0.29) is 5.11 Å². The Morgan fingerprint density at radius 1 is 1.15 bits per heavy atom. The number of hydrogen-bond donors (Lipinski definition) is 2. The van der Waals surface area contributed by atoms with Crippen molar-refractivity contribution in [3.05, 3.63) is 64.7 Å². The van der Waals surface area contributed by atoms with Crippen molar-refractivity contribution in [1.29, 1.82) is 0 Å². The van der Waals surface area contributed by atoms with Crippen LogP contribution < -0.4 is 16.1 Å². The van der Waals surface area contributed by atoms with E-state index in [1.54, 1.807) is 6.21 Å². The van der Waals surface area contributed by atoms with Crippen molar-refractivity contribution in [3.8, 4) is 0 Å². The fourth-order valence-corrected chi connectivity index (χ4v) is 3.60. The van der Waals surface area contributed by atoms with Crippen LogP contribution in [0.1, 0.15) is 17.5 Å². The Hall–Kier alpha value is -2.15. The van der Waals surface area contributed by atoms with E-state index in [0.29, 0.717) is 0 Å². The summed E-state index contributed by atoms with van der Waals surface area (Å²) in [5.74, 6) is 0. The standard InChI is InChI=1S/C20H24ClN5S/c21-18-13-17(14-23-24-20(22)27)7-8-19(18)26-10-4-9-25(11-12-26)15-16-5-2-1-3-6-16/h1-3,5-8,13-14H,4,9-12,15H2,(H3,22,24,27). The van der Waals surface area contributed by atoms with Crippen molar-refractivity contribution in [3.63, 3.8) is 0 Å². The highest BCUT2D eigenvalue weighted by Crippen LogP contribution is 2.27. The van der Waals surface area contributed by atoms with Crippen molar-refractivity contribution in [2.45, 2.75) is 13.0 Å². The minimum absolute atomic E-state index is 0.138. The van der Waals surface area contributed by atoms with E-state index in [4.69, 9.17) is 29.6 Å². The van der Waals surface area contributed by atoms with Crippen LogP contribution in [-0.4, -0.2) is 42.4 Å². The van der Waals surface area contributed by atoms with Crippen LogP contribution in [0, 0.1) is 0 Å². The third-order valence-electron chi connectivity index (χ3n) is 4.54. The lowest BCUT2D eigenvalue weighted by Gasteiger charge is -2.25. The van der Waals surface area contributed by atoms with Crippen LogP contribution in [0.3, 0.4) is 0 Å². The lowest BCUT2D eigenvalue weighted by molar-refractivity contribution is 0.285. The maximum atomic E-state index is 6.54. The molecule has 0 atom stereocenters. The van der Waals surface area contributed by atoms with Gasteiger partial charge in [0.15, 0.2) is 5.11 Å². The number of benzene rings is 2. The predicted molar refractivity (Wildman–Crippen MR) is 118 cm³/mol. The zero-order valence-electron chi connectivity index (χ0n) is 15.1. The molecule has 0 aromatic heterocycles. The van der Waals surface area contributed by atoms with Gasteiger partial charge in [0.05, 0.1) is 16.9 Å². The fraction of sp³-hybridized carbons (Fsp3) is 0.300. The Morgan fingerprint density at radius 2 is 1.96 bits per heavy atom. The van der Waals surface area contributed by atoms with Gasteiger partial charge in [-0.3, -0.25) is 10.3 Å². The number of hydrazone groups is 1. The number of rotatable bonds is 5. The van der Waals surface area contributed by atoms with Crippen molar-refractivity contribution < 1.29 is 0 Å². The van der Waals surface area contributed by atoms with Gasteiger partial charge < -0.3 is 10.6 Å². The molecular weight excluding hydrogens is 378 g/mol. The lowest BCUT2D eigenvalue weighted by atomic mass is 10.2. The zero-order chi connectivity index (χ0) is 19.1. The van der Waals surface area contributed by atoms with Crippen LogP contribution >= 0.6 is 23.8 Å². The average molecular weight is 402 g/mol. The Bertz CT molecular complexity index is 796. The molecule has 0 unspecified atom stereocenters. The predicted octanol–water partition coefficient (Wildman–Crippen LogP) is 3.22. The van der Waals surface area contributed by atoms with Gasteiger partial charge in [0, 0.05) is 32.7 Å². The molecule has 1 aliphatic heterocycles. The molecule has 7 heteroatoms. The minimum Gasteiger partial charge on any atom is -0.375 e. The van der Waals surface area contributed by atoms with Crippen molar-refractivity contribution >= 4 is 40.8 Å². The highest BCUT2D eigenvalue weighted by molar-refractivity contribution is 7.80. The third kappa shape index (κ3) is 5.92. The maximum Gasteiger partial charge on any atom is 0.184 e. The summed E-state index contributed by atoms with van der Waals surface area (Å²) < 4.78 is 0. The Labute approximate surface area is 170 Å². The Morgan fingerprint density at radius 3 is 2.70 bits per heavy atom. The number of halogens is 1. The second-order valence-corrected chi connectivity index (χ2v) is 7.39. The highest BCUT2D eigenvalue weighted by atomic mass is 35.5. The van der Waals surface area contributed by atoms with Gasteiger partial charge in [0.25, 0.3) is 0 Å². The van der Waals surface area contributed by atoms with E-state index in [1.807, 2.05) is 12.1 Å². The summed E-state index contributed by atoms with van der Waals surface area (Å²) in [6.07, 6.45) is 2.77. The molecule has 0 amide bonds. The molecule has 0 aliphatic carbocycles. The number of anilines is 1. The molecular formula is C20H24ClN5S. The first-order chi connectivity index (χ1) is 13.1. The number of nitrogens with two attached hydrogens (primary N) is 1. The van der Waals surface area contributed by atoms with Gasteiger partial charge in [0.1, 0.15) is 0 Å². The first-order valence-electron chi connectivity index (χ1n) is 9.01. The van der Waals surface area contributed by atoms with Crippen LogP contribution in [-0.2, 0) is 6.54 Å². The summed E-state index contributed by atoms with van der Waals surface area (Å²) in [6.45, 7) is 5.07. The number of hydrogen-bond acceptors (Lipinski definition) is 4. The maximum absolute atomic E-state index is 6.54. The van der Waals surface area contributed by atoms with Gasteiger partial charge in [0.2, 0.25) is 0 Å². The van der Waals surface area contributed by atoms with E-state index in [2.05, 4.69) is 56.7 Å². The molecule has 0 spiro atoms. The second-order valence-electron chi connectivity index (χ2n) is 6.55. The molecule has 27 heavy (non-hydrogen) atoms. The molecule has 1 heterocycles. The highest BCUT2D eigenvalue weighted by Gasteiger charge is 2.17. The molecule has 0 radical (unpaired) electrons. The summed E-state index contributed by atoms with van der Waals surface area (Å²) in [7, 11) is 0. The molecule has 2 aromatic rings. The van der Waals surface area contributed by atoms with Crippen LogP contribution in [0.15, 0.2) is 53.6 Å². The first-order valence-corrected chi connectivity index (χ1v) is 9.80. The molecule has 0 saturated carbocycles. The molecule has 142 valence electrons. The molecule has 0 bridgehead atoms. The molecule has 1 aliphatic rings. The summed E-state index contributed by atoms with van der Waals surface area (Å²) in [5.41, 5.74) is 11.2. The van der Waals surface area contributed by atoms with Gasteiger partial charge in [-0.05, 0) is 41.9 Å². The molecule has 2 aromatic carbocycles. The van der Waals surface area contributed by atoms with Crippen LogP contribution in [0.2, 0.25) is 5.02 Å². The van der Waals surface area contributed by atoms with Gasteiger partial charge in [-0.15, -0.1) is 0 Å². The fourth-order valence-electron chi connectivity index (χ4n) is 3.24. The third-order valence-corrected chi connectivity index (χ3v) is 4.93. The van der Waals surface area contributed by atoms with Gasteiger partial charge >= 0.3 is 0 Å². The summed E-state index contributed by atoms with van der Waals surface area (Å²) in [6, 6.07) is 16.6. The van der Waals surface area contributed by atoms with Crippen molar-refractivity contribution in [2.24, 2.45) is 10.8 Å². The number of thiocarbonyl (C=S) groups is 1. The van der Waals surface area contributed by atoms with Gasteiger partial charge in [-0.2, -0.15) is 5.10 Å². The average Bonchev–Trinajstić information content (AvgIpc) is 2.88. The summed E-state index contributed by atoms with van der Waals surface area (Å²) in [4.78, 5) is 4.87. The van der Waals surface area contributed by atoms with E-state index in [9.17, 15) is 0 Å². The minimum atomic E-state index is 0.138. The van der Waals surface area contributed by atoms with Gasteiger partial charge in [-0.1, -0.05) is 48.0 Å². The monoisotopic (exact) mass is 401 g/mol. The van der Waals surface area contributed by atoms with Crippen molar-refractivity contribution in [1.82, 2.24) is 10.3 Å². The van der Waals surface area contributed by atoms with Crippen LogP contribution in [0.5, 0.6) is 0 Å². The number of nitrogens with one attached hydrogen (secondary N) is 1. The first kappa shape index (κ1) is 19.6. The van der Waals surface area contributed by atoms with E-state index >= 15 is 0 Å².